The maximum Gasteiger partial charge on any atom is 0.281 e. The molecule has 0 unspecified atom stereocenters. The van der Waals surface area contributed by atoms with Gasteiger partial charge in [-0.1, -0.05) is 35.9 Å². The Morgan fingerprint density at radius 3 is 2.74 bits per heavy atom. The molecule has 0 radical (unpaired) electrons. The van der Waals surface area contributed by atoms with Gasteiger partial charge < -0.3 is 10.3 Å². The third-order valence-corrected chi connectivity index (χ3v) is 5.16. The summed E-state index contributed by atoms with van der Waals surface area (Å²) in [5.41, 5.74) is 5.32. The molecule has 0 aliphatic carbocycles. The van der Waals surface area contributed by atoms with Gasteiger partial charge in [0, 0.05) is 0 Å². The van der Waals surface area contributed by atoms with Crippen LogP contribution < -0.4 is 16.3 Å². The monoisotopic (exact) mass is 432 g/mol. The van der Waals surface area contributed by atoms with E-state index in [4.69, 9.17) is 16.6 Å². The first kappa shape index (κ1) is 19.0. The van der Waals surface area contributed by atoms with E-state index < -0.39 is 6.04 Å². The number of nitrogens with one attached hydrogen (secondary N) is 3. The van der Waals surface area contributed by atoms with Gasteiger partial charge in [0.25, 0.3) is 5.56 Å². The summed E-state index contributed by atoms with van der Waals surface area (Å²) in [4.78, 5) is 33.8. The highest BCUT2D eigenvalue weighted by Crippen LogP contribution is 2.24. The van der Waals surface area contributed by atoms with Crippen LogP contribution in [0, 0.1) is 0 Å². The maximum absolute atomic E-state index is 13.4. The summed E-state index contributed by atoms with van der Waals surface area (Å²) < 4.78 is 1.41. The number of imidazole rings is 1. The number of para-hydroxylation sites is 1. The molecule has 0 aliphatic heterocycles. The van der Waals surface area contributed by atoms with Crippen LogP contribution in [0.3, 0.4) is 0 Å². The Morgan fingerprint density at radius 2 is 1.90 bits per heavy atom. The van der Waals surface area contributed by atoms with Crippen molar-refractivity contribution in [3.63, 3.8) is 0 Å². The summed E-state index contributed by atoms with van der Waals surface area (Å²) in [6.45, 7) is 1.89. The van der Waals surface area contributed by atoms with Gasteiger partial charge in [-0.2, -0.15) is 0 Å². The largest absolute Gasteiger partial charge is 0.358 e. The topological polar surface area (TPSA) is 113 Å². The van der Waals surface area contributed by atoms with Gasteiger partial charge in [-0.3, -0.25) is 10.2 Å². The van der Waals surface area contributed by atoms with Crippen molar-refractivity contribution in [2.45, 2.75) is 13.0 Å². The van der Waals surface area contributed by atoms with Crippen LogP contribution in [0.25, 0.3) is 22.1 Å². The Kier molecular flexibility index (Phi) is 4.72. The van der Waals surface area contributed by atoms with Gasteiger partial charge in [0.15, 0.2) is 17.3 Å². The lowest BCUT2D eigenvalue weighted by Crippen LogP contribution is -2.33. The minimum Gasteiger partial charge on any atom is -0.358 e. The summed E-state index contributed by atoms with van der Waals surface area (Å²) in [7, 11) is 0. The molecule has 0 bridgehead atoms. The van der Waals surface area contributed by atoms with Gasteiger partial charge >= 0.3 is 0 Å². The Bertz CT molecular complexity index is 1450. The van der Waals surface area contributed by atoms with Crippen molar-refractivity contribution in [1.29, 1.82) is 0 Å². The van der Waals surface area contributed by atoms with Crippen LogP contribution in [0.1, 0.15) is 18.8 Å². The number of nitrogens with zero attached hydrogens (tertiary/aromatic N) is 5. The molecule has 0 saturated carbocycles. The molecule has 10 heteroatoms. The summed E-state index contributed by atoms with van der Waals surface area (Å²) in [5.74, 6) is 0.997. The Labute approximate surface area is 181 Å². The molecule has 9 nitrogen and oxygen atoms in total. The van der Waals surface area contributed by atoms with Gasteiger partial charge in [0.1, 0.15) is 11.8 Å². The number of anilines is 2. The van der Waals surface area contributed by atoms with Crippen molar-refractivity contribution in [3.8, 4) is 0 Å². The van der Waals surface area contributed by atoms with E-state index in [2.05, 4.69) is 30.7 Å². The van der Waals surface area contributed by atoms with Crippen LogP contribution in [0.5, 0.6) is 0 Å². The molecule has 154 valence electrons. The number of aromatic amines is 1. The van der Waals surface area contributed by atoms with Crippen LogP contribution in [0.2, 0.25) is 5.02 Å². The fourth-order valence-corrected chi connectivity index (χ4v) is 3.64. The molecule has 0 amide bonds. The molecule has 1 atom stereocenters. The molecule has 0 spiro atoms. The average molecular weight is 433 g/mol. The highest BCUT2D eigenvalue weighted by molar-refractivity contribution is 6.35. The smallest absolute Gasteiger partial charge is 0.281 e. The summed E-state index contributed by atoms with van der Waals surface area (Å²) >= 11 is 6.33. The predicted octanol–water partition coefficient (Wildman–Crippen LogP) is 3.76. The van der Waals surface area contributed by atoms with Crippen LogP contribution in [0.15, 0.2) is 66.0 Å². The maximum atomic E-state index is 13.4. The fourth-order valence-electron chi connectivity index (χ4n) is 3.39. The summed E-state index contributed by atoms with van der Waals surface area (Å²) in [6, 6.07) is 14.2. The number of hydrogen-bond donors (Lipinski definition) is 3. The molecule has 0 saturated heterocycles. The first-order valence-corrected chi connectivity index (χ1v) is 9.93. The Hall–Kier alpha value is -3.98. The van der Waals surface area contributed by atoms with Crippen molar-refractivity contribution >= 4 is 45.2 Å². The van der Waals surface area contributed by atoms with Gasteiger partial charge in [0.05, 0.1) is 34.0 Å². The molecule has 31 heavy (non-hydrogen) atoms. The molecular weight excluding hydrogens is 416 g/mol. The van der Waals surface area contributed by atoms with Crippen molar-refractivity contribution in [2.75, 3.05) is 10.7 Å². The zero-order valence-electron chi connectivity index (χ0n) is 16.4. The number of aromatic nitrogens is 6. The molecule has 5 rings (SSSR count). The van der Waals surface area contributed by atoms with E-state index in [9.17, 15) is 4.79 Å². The van der Waals surface area contributed by atoms with Gasteiger partial charge in [-0.25, -0.2) is 24.6 Å². The SMILES string of the molecule is C[C@H](Nc1ncnc2[nH]cnc12)c1nc2cccc(Cl)c2c(=O)n1Nc1ccccc1. The van der Waals surface area contributed by atoms with Crippen LogP contribution >= 0.6 is 11.6 Å². The molecule has 2 aromatic carbocycles. The number of halogens is 1. The zero-order chi connectivity index (χ0) is 21.4. The first-order chi connectivity index (χ1) is 15.1. The molecule has 0 aliphatic rings. The second-order valence-corrected chi connectivity index (χ2v) is 7.32. The van der Waals surface area contributed by atoms with Crippen LogP contribution in [-0.2, 0) is 0 Å². The quantitative estimate of drug-likeness (QED) is 0.387. The van der Waals surface area contributed by atoms with E-state index in [1.165, 1.54) is 11.0 Å². The molecule has 3 heterocycles. The van der Waals surface area contributed by atoms with E-state index in [0.29, 0.717) is 38.7 Å². The van der Waals surface area contributed by atoms with Crippen molar-refractivity contribution < 1.29 is 0 Å². The van der Waals surface area contributed by atoms with Crippen molar-refractivity contribution in [1.82, 2.24) is 29.6 Å². The average Bonchev–Trinajstić information content (AvgIpc) is 3.26. The van der Waals surface area contributed by atoms with Crippen LogP contribution in [0.4, 0.5) is 11.5 Å². The van der Waals surface area contributed by atoms with Crippen molar-refractivity contribution in [2.24, 2.45) is 0 Å². The van der Waals surface area contributed by atoms with Gasteiger partial charge in [-0.05, 0) is 31.2 Å². The Morgan fingerprint density at radius 1 is 1.06 bits per heavy atom. The number of rotatable bonds is 5. The molecule has 3 N–H and O–H groups in total. The van der Waals surface area contributed by atoms with E-state index in [0.717, 1.165) is 5.69 Å². The number of benzene rings is 2. The van der Waals surface area contributed by atoms with Gasteiger partial charge in [-0.15, -0.1) is 0 Å². The highest BCUT2D eigenvalue weighted by atomic mass is 35.5. The lowest BCUT2D eigenvalue weighted by atomic mass is 10.2. The minimum absolute atomic E-state index is 0.296. The lowest BCUT2D eigenvalue weighted by Gasteiger charge is -2.21. The van der Waals surface area contributed by atoms with E-state index >= 15 is 0 Å². The number of hydrogen-bond acceptors (Lipinski definition) is 7. The molecule has 0 fully saturated rings. The third-order valence-electron chi connectivity index (χ3n) is 4.85. The molecule has 5 aromatic rings. The normalized spacial score (nSPS) is 12.2. The van der Waals surface area contributed by atoms with E-state index in [1.807, 2.05) is 37.3 Å². The second-order valence-electron chi connectivity index (χ2n) is 6.91. The van der Waals surface area contributed by atoms with Crippen LogP contribution in [-0.4, -0.2) is 29.6 Å². The molecule has 3 aromatic heterocycles. The second kappa shape index (κ2) is 7.69. The lowest BCUT2D eigenvalue weighted by molar-refractivity contribution is 0.701. The first-order valence-electron chi connectivity index (χ1n) is 9.55. The highest BCUT2D eigenvalue weighted by Gasteiger charge is 2.20. The summed E-state index contributed by atoms with van der Waals surface area (Å²) in [6.07, 6.45) is 3.00. The van der Waals surface area contributed by atoms with E-state index in [-0.39, 0.29) is 5.56 Å². The Balaban J connectivity index is 1.64. The van der Waals surface area contributed by atoms with Gasteiger partial charge in [0.2, 0.25) is 0 Å². The third kappa shape index (κ3) is 3.44. The van der Waals surface area contributed by atoms with Crippen molar-refractivity contribution in [3.05, 3.63) is 82.4 Å². The molecular formula is C21H17ClN8O. The summed E-state index contributed by atoms with van der Waals surface area (Å²) in [5, 5.41) is 3.99. The minimum atomic E-state index is -0.401. The number of H-pyrrole nitrogens is 1. The standard InChI is InChI=1S/C21H17ClN8O/c1-12(27-19-17-18(24-10-23-17)25-11-26-19)20-28-15-9-5-8-14(22)16(15)21(31)30(20)29-13-6-3-2-4-7-13/h2-12,29H,1H3,(H2,23,24,25,26,27)/t12-/m0/s1. The zero-order valence-corrected chi connectivity index (χ0v) is 17.1. The predicted molar refractivity (Wildman–Crippen MR) is 120 cm³/mol. The fraction of sp³-hybridized carbons (Fsp3) is 0.0952. The van der Waals surface area contributed by atoms with E-state index in [1.54, 1.807) is 24.5 Å². The number of fused-ring (bicyclic) bond motifs is 2.